The maximum Gasteiger partial charge on any atom is 0.494 e. The molecule has 6 nitrogen and oxygen atoms in total. The molecule has 0 saturated heterocycles. The van der Waals surface area contributed by atoms with Crippen molar-refractivity contribution in [2.45, 2.75) is 68.9 Å². The zero-order chi connectivity index (χ0) is 31.7. The van der Waals surface area contributed by atoms with Crippen LogP contribution in [0.5, 0.6) is 5.75 Å². The summed E-state index contributed by atoms with van der Waals surface area (Å²) in [4.78, 5) is 11.4. The highest BCUT2D eigenvalue weighted by atomic mass is 32.2. The number of methoxy groups -OCH3 is 1. The van der Waals surface area contributed by atoms with Gasteiger partial charge in [0.1, 0.15) is 17.1 Å². The Morgan fingerprint density at radius 3 is 2.37 bits per heavy atom. The molecule has 0 atom stereocenters. The summed E-state index contributed by atoms with van der Waals surface area (Å²) >= 11 is 0.906. The average Bonchev–Trinajstić information content (AvgIpc) is 3.34. The summed E-state index contributed by atoms with van der Waals surface area (Å²) < 4.78 is 105. The molecular weight excluding hydrogens is 602 g/mol. The lowest BCUT2D eigenvalue weighted by Gasteiger charge is -2.26. The molecule has 236 valence electrons. The minimum atomic E-state index is -5.32. The molecule has 0 bridgehead atoms. The van der Waals surface area contributed by atoms with Gasteiger partial charge in [0, 0.05) is 28.5 Å². The predicted octanol–water partition coefficient (Wildman–Crippen LogP) is 9.21. The van der Waals surface area contributed by atoms with E-state index >= 15 is 0 Å². The van der Waals surface area contributed by atoms with Crippen LogP contribution in [-0.2, 0) is 25.4 Å². The largest absolute Gasteiger partial charge is 0.496 e. The van der Waals surface area contributed by atoms with Gasteiger partial charge < -0.3 is 13.9 Å². The Morgan fingerprint density at radius 1 is 0.977 bits per heavy atom. The normalized spacial score (nSPS) is 12.5. The van der Waals surface area contributed by atoms with Gasteiger partial charge in [0.05, 0.1) is 25.7 Å². The number of benzene rings is 2. The Hall–Kier alpha value is -3.16. The predicted molar refractivity (Wildman–Crippen MR) is 150 cm³/mol. The summed E-state index contributed by atoms with van der Waals surface area (Å²) in [5.74, 6) is -0.271. The Bertz CT molecular complexity index is 1380. The molecule has 0 N–H and O–H groups in total. The van der Waals surface area contributed by atoms with Crippen LogP contribution in [0.1, 0.15) is 44.6 Å². The van der Waals surface area contributed by atoms with E-state index < -0.39 is 49.7 Å². The first-order chi connectivity index (χ1) is 20.3. The second-order valence-corrected chi connectivity index (χ2v) is 10.6. The van der Waals surface area contributed by atoms with Gasteiger partial charge in [-0.15, -0.1) is 20.5 Å². The lowest BCUT2D eigenvalue weighted by molar-refractivity contribution is -0.514. The Morgan fingerprint density at radius 2 is 1.70 bits per heavy atom. The first kappa shape index (κ1) is 34.3. The summed E-state index contributed by atoms with van der Waals surface area (Å²) in [5.41, 5.74) is 2.36. The fourth-order valence-corrected chi connectivity index (χ4v) is 4.93. The number of furan rings is 1. The molecule has 3 rings (SSSR count). The molecule has 0 radical (unpaired) electrons. The van der Waals surface area contributed by atoms with Gasteiger partial charge in [-0.05, 0) is 54.8 Å². The van der Waals surface area contributed by atoms with Crippen molar-refractivity contribution < 1.29 is 54.5 Å². The number of fused-ring (bicyclic) bond motifs is 1. The van der Waals surface area contributed by atoms with Gasteiger partial charge in [0.15, 0.2) is 0 Å². The number of halogens is 6. The summed E-state index contributed by atoms with van der Waals surface area (Å²) in [6, 6.07) is 12.7. The van der Waals surface area contributed by atoms with Crippen LogP contribution in [0.3, 0.4) is 0 Å². The summed E-state index contributed by atoms with van der Waals surface area (Å²) in [7, 11) is 1.57. The van der Waals surface area contributed by atoms with Crippen molar-refractivity contribution in [1.82, 2.24) is 0 Å². The number of alkyl halides is 6. The van der Waals surface area contributed by atoms with Gasteiger partial charge in [-0.2, -0.15) is 17.6 Å². The molecule has 0 fully saturated rings. The molecular formula is C30H32F6O6S. The fraction of sp³-hybridized carbons (Fsp3) is 0.433. The van der Waals surface area contributed by atoms with Crippen molar-refractivity contribution in [3.63, 3.8) is 0 Å². The number of hydrogen-bond acceptors (Lipinski definition) is 7. The van der Waals surface area contributed by atoms with Gasteiger partial charge in [-0.1, -0.05) is 32.4 Å². The Kier molecular flexibility index (Phi) is 12.0. The zero-order valence-electron chi connectivity index (χ0n) is 23.6. The molecule has 3 aromatic rings. The third-order valence-electron chi connectivity index (χ3n) is 6.09. The SMILES string of the molecule is C=CC(=O)OCCC(F)(F)OC(F)(F)OC(F)(F)CCSc1ccc2cc(-c3ccc(CCCCC)cc3OC)oc2c1. The smallest absolute Gasteiger partial charge is 0.494 e. The van der Waals surface area contributed by atoms with Crippen molar-refractivity contribution >= 4 is 28.7 Å². The van der Waals surface area contributed by atoms with E-state index in [-0.39, 0.29) is 0 Å². The number of thioether (sulfide) groups is 1. The molecule has 0 aliphatic heterocycles. The third-order valence-corrected chi connectivity index (χ3v) is 7.09. The van der Waals surface area contributed by atoms with Crippen LogP contribution in [0, 0.1) is 0 Å². The molecule has 1 aromatic heterocycles. The summed E-state index contributed by atoms with van der Waals surface area (Å²) in [6.45, 7) is 4.16. The Balaban J connectivity index is 1.58. The van der Waals surface area contributed by atoms with Crippen LogP contribution in [0.4, 0.5) is 26.3 Å². The highest BCUT2D eigenvalue weighted by molar-refractivity contribution is 7.99. The number of carbonyl (C=O) groups is 1. The van der Waals surface area contributed by atoms with Crippen molar-refractivity contribution in [3.8, 4) is 17.1 Å². The van der Waals surface area contributed by atoms with E-state index in [0.717, 1.165) is 54.0 Å². The lowest BCUT2D eigenvalue weighted by Crippen LogP contribution is -2.41. The van der Waals surface area contributed by atoms with Crippen molar-refractivity contribution in [2.75, 3.05) is 19.5 Å². The van der Waals surface area contributed by atoms with E-state index in [9.17, 15) is 31.1 Å². The fourth-order valence-electron chi connectivity index (χ4n) is 4.00. The van der Waals surface area contributed by atoms with Crippen LogP contribution < -0.4 is 4.74 Å². The number of rotatable bonds is 18. The number of unbranched alkanes of at least 4 members (excludes halogenated alkanes) is 2. The van der Waals surface area contributed by atoms with Crippen LogP contribution in [0.2, 0.25) is 0 Å². The number of carbonyl (C=O) groups excluding carboxylic acids is 1. The quantitative estimate of drug-likeness (QED) is 0.0345. The second-order valence-electron chi connectivity index (χ2n) is 9.46. The summed E-state index contributed by atoms with van der Waals surface area (Å²) in [5, 5.41) is 0.749. The minimum Gasteiger partial charge on any atom is -0.496 e. The molecule has 2 aromatic carbocycles. The van der Waals surface area contributed by atoms with Gasteiger partial charge >= 0.3 is 24.5 Å². The minimum absolute atomic E-state index is 0.399. The zero-order valence-corrected chi connectivity index (χ0v) is 24.4. The first-order valence-corrected chi connectivity index (χ1v) is 14.4. The molecule has 43 heavy (non-hydrogen) atoms. The molecule has 0 saturated carbocycles. The molecule has 0 spiro atoms. The monoisotopic (exact) mass is 634 g/mol. The van der Waals surface area contributed by atoms with Crippen LogP contribution in [0.15, 0.2) is 64.4 Å². The third kappa shape index (κ3) is 10.8. The van der Waals surface area contributed by atoms with Gasteiger partial charge in [-0.3, -0.25) is 0 Å². The van der Waals surface area contributed by atoms with Crippen molar-refractivity contribution in [3.05, 3.63) is 60.7 Å². The molecule has 0 unspecified atom stereocenters. The van der Waals surface area contributed by atoms with Gasteiger partial charge in [0.2, 0.25) is 0 Å². The van der Waals surface area contributed by atoms with Crippen LogP contribution in [-0.4, -0.2) is 44.0 Å². The maximum atomic E-state index is 14.1. The van der Waals surface area contributed by atoms with Crippen molar-refractivity contribution in [2.24, 2.45) is 0 Å². The number of ether oxygens (including phenoxy) is 4. The topological polar surface area (TPSA) is 67.1 Å². The number of hydrogen-bond donors (Lipinski definition) is 0. The Labute approximate surface area is 249 Å². The number of esters is 1. The maximum absolute atomic E-state index is 14.1. The molecule has 13 heteroatoms. The first-order valence-electron chi connectivity index (χ1n) is 13.4. The summed E-state index contributed by atoms with van der Waals surface area (Å²) in [6.07, 6.45) is -12.2. The molecule has 1 heterocycles. The highest BCUT2D eigenvalue weighted by Crippen LogP contribution is 2.39. The van der Waals surface area contributed by atoms with Gasteiger partial charge in [-0.25, -0.2) is 14.3 Å². The van der Waals surface area contributed by atoms with Gasteiger partial charge in [0.25, 0.3) is 0 Å². The van der Waals surface area contributed by atoms with E-state index in [1.165, 1.54) is 0 Å². The molecule has 0 aliphatic rings. The van der Waals surface area contributed by atoms with E-state index in [4.69, 9.17) is 9.15 Å². The highest BCUT2D eigenvalue weighted by Gasteiger charge is 2.51. The van der Waals surface area contributed by atoms with Crippen molar-refractivity contribution in [1.29, 1.82) is 0 Å². The molecule has 0 aliphatic carbocycles. The van der Waals surface area contributed by atoms with E-state index in [1.54, 1.807) is 25.3 Å². The lowest BCUT2D eigenvalue weighted by atomic mass is 10.0. The second kappa shape index (κ2) is 15.0. The average molecular weight is 635 g/mol. The van der Waals surface area contributed by atoms with Crippen LogP contribution >= 0.6 is 11.8 Å². The standard InChI is InChI=1S/C30H32F6O6S/c1-4-6-7-8-20-9-12-23(25(17-20)38-3)26-18-21-10-11-22(19-24(21)40-26)43-16-14-29(33,34)42-30(35,36)41-28(31,32)13-15-39-27(37)5-2/h5,9-12,17-19H,2,4,6-8,13-16H2,1,3H3. The van der Waals surface area contributed by atoms with E-state index in [0.29, 0.717) is 28.1 Å². The number of aryl methyl sites for hydroxylation is 1. The van der Waals surface area contributed by atoms with Crippen LogP contribution in [0.25, 0.3) is 22.3 Å². The van der Waals surface area contributed by atoms with E-state index in [1.807, 2.05) is 24.3 Å². The van der Waals surface area contributed by atoms with E-state index in [2.05, 4.69) is 27.7 Å². The molecule has 0 amide bonds.